The minimum Gasteiger partial charge on any atom is -0.483 e. The minimum absolute atomic E-state index is 0.0754. The maximum Gasteiger partial charge on any atom is 0.422 e. The van der Waals surface area contributed by atoms with Gasteiger partial charge in [-0.05, 0) is 54.7 Å². The van der Waals surface area contributed by atoms with Crippen LogP contribution in [0.5, 0.6) is 5.75 Å². The summed E-state index contributed by atoms with van der Waals surface area (Å²) in [6, 6.07) is 9.87. The maximum atomic E-state index is 12.5. The third-order valence-corrected chi connectivity index (χ3v) is 6.16. The van der Waals surface area contributed by atoms with Crippen LogP contribution in [0.1, 0.15) is 22.3 Å². The highest BCUT2D eigenvalue weighted by Gasteiger charge is 2.29. The van der Waals surface area contributed by atoms with E-state index in [-0.39, 0.29) is 23.8 Å². The lowest BCUT2D eigenvalue weighted by atomic mass is 9.93. The molecule has 0 saturated carbocycles. The summed E-state index contributed by atoms with van der Waals surface area (Å²) >= 11 is 0. The standard InChI is InChI=1S/C25H25F3N4O4/c1-15-20-7-9-32(12-19(34)13-33)8-6-16(20)2-4-21(15)23-30-24(36-31-23)17-3-5-22(18(10-17)11-29)35-14-25(26,27)28/h2-5,10,19,33-34H,6-9,12-14H2,1H3/t19-/m0/s1. The summed E-state index contributed by atoms with van der Waals surface area (Å²) in [4.78, 5) is 6.59. The van der Waals surface area contributed by atoms with E-state index in [9.17, 15) is 23.5 Å². The number of aliphatic hydroxyl groups is 2. The number of alkyl halides is 3. The fourth-order valence-corrected chi connectivity index (χ4v) is 4.32. The van der Waals surface area contributed by atoms with Crippen molar-refractivity contribution in [2.75, 3.05) is 32.8 Å². The van der Waals surface area contributed by atoms with Crippen molar-refractivity contribution < 1.29 is 32.6 Å². The van der Waals surface area contributed by atoms with Crippen LogP contribution < -0.4 is 4.74 Å². The van der Waals surface area contributed by atoms with E-state index in [1.54, 1.807) is 0 Å². The Kier molecular flexibility index (Phi) is 7.59. The molecule has 1 aliphatic rings. The summed E-state index contributed by atoms with van der Waals surface area (Å²) in [5.74, 6) is 0.306. The molecule has 0 amide bonds. The SMILES string of the molecule is Cc1c(-c2noc(-c3ccc(OCC(F)(F)F)c(C#N)c3)n2)ccc2c1CCN(C[C@H](O)CO)CC2. The highest BCUT2D eigenvalue weighted by Crippen LogP contribution is 2.32. The fourth-order valence-electron chi connectivity index (χ4n) is 4.32. The predicted molar refractivity (Wildman–Crippen MR) is 123 cm³/mol. The lowest BCUT2D eigenvalue weighted by Crippen LogP contribution is -2.36. The number of hydrogen-bond acceptors (Lipinski definition) is 8. The molecule has 0 fully saturated rings. The molecular weight excluding hydrogens is 477 g/mol. The molecule has 2 aromatic carbocycles. The summed E-state index contributed by atoms with van der Waals surface area (Å²) < 4.78 is 47.5. The molecular formula is C25H25F3N4O4. The van der Waals surface area contributed by atoms with Gasteiger partial charge < -0.3 is 24.4 Å². The van der Waals surface area contributed by atoms with Crippen LogP contribution >= 0.6 is 0 Å². The van der Waals surface area contributed by atoms with E-state index < -0.39 is 18.9 Å². The second-order valence-electron chi connectivity index (χ2n) is 8.66. The van der Waals surface area contributed by atoms with Gasteiger partial charge >= 0.3 is 6.18 Å². The Morgan fingerprint density at radius 3 is 2.72 bits per heavy atom. The number of nitriles is 1. The molecule has 3 aromatic rings. The van der Waals surface area contributed by atoms with Gasteiger partial charge in [-0.25, -0.2) is 0 Å². The van der Waals surface area contributed by atoms with Crippen LogP contribution in [0, 0.1) is 18.3 Å². The van der Waals surface area contributed by atoms with E-state index in [2.05, 4.69) is 15.0 Å². The van der Waals surface area contributed by atoms with Crippen LogP contribution in [0.3, 0.4) is 0 Å². The van der Waals surface area contributed by atoms with E-state index in [4.69, 9.17) is 14.4 Å². The molecule has 0 bridgehead atoms. The third-order valence-electron chi connectivity index (χ3n) is 6.16. The number of halogens is 3. The van der Waals surface area contributed by atoms with E-state index in [0.29, 0.717) is 17.9 Å². The molecule has 8 nitrogen and oxygen atoms in total. The smallest absolute Gasteiger partial charge is 0.422 e. The van der Waals surface area contributed by atoms with Crippen LogP contribution in [0.15, 0.2) is 34.9 Å². The number of nitrogens with zero attached hydrogens (tertiary/aromatic N) is 4. The number of aromatic nitrogens is 2. The van der Waals surface area contributed by atoms with E-state index >= 15 is 0 Å². The molecule has 1 atom stereocenters. The molecule has 0 radical (unpaired) electrons. The van der Waals surface area contributed by atoms with Crippen molar-refractivity contribution in [2.45, 2.75) is 32.0 Å². The van der Waals surface area contributed by atoms with Crippen molar-refractivity contribution in [2.24, 2.45) is 0 Å². The van der Waals surface area contributed by atoms with Gasteiger partial charge in [0.25, 0.3) is 5.89 Å². The summed E-state index contributed by atoms with van der Waals surface area (Å²) in [5, 5.41) is 32.4. The molecule has 2 heterocycles. The maximum absolute atomic E-state index is 12.5. The van der Waals surface area contributed by atoms with Crippen LogP contribution in [0.2, 0.25) is 0 Å². The van der Waals surface area contributed by atoms with Crippen molar-refractivity contribution in [1.82, 2.24) is 15.0 Å². The first kappa shape index (κ1) is 25.6. The Balaban J connectivity index is 1.55. The van der Waals surface area contributed by atoms with Crippen LogP contribution in [-0.2, 0) is 12.8 Å². The van der Waals surface area contributed by atoms with Gasteiger partial charge in [0.2, 0.25) is 5.82 Å². The Bertz CT molecular complexity index is 1270. The first-order valence-corrected chi connectivity index (χ1v) is 11.4. The minimum atomic E-state index is -4.52. The molecule has 0 saturated heterocycles. The summed E-state index contributed by atoms with van der Waals surface area (Å²) in [7, 11) is 0. The quantitative estimate of drug-likeness (QED) is 0.506. The highest BCUT2D eigenvalue weighted by atomic mass is 19.4. The van der Waals surface area contributed by atoms with Crippen molar-refractivity contribution in [3.63, 3.8) is 0 Å². The van der Waals surface area contributed by atoms with Gasteiger partial charge in [0, 0.05) is 30.8 Å². The molecule has 1 aliphatic heterocycles. The average Bonchev–Trinajstić information content (AvgIpc) is 3.25. The number of aliphatic hydroxyl groups excluding tert-OH is 2. The van der Waals surface area contributed by atoms with E-state index in [1.807, 2.05) is 25.1 Å². The zero-order valence-electron chi connectivity index (χ0n) is 19.5. The Labute approximate surface area is 205 Å². The van der Waals surface area contributed by atoms with Crippen molar-refractivity contribution in [3.05, 3.63) is 52.6 Å². The van der Waals surface area contributed by atoms with Gasteiger partial charge in [0.1, 0.15) is 11.8 Å². The van der Waals surface area contributed by atoms with Crippen LogP contribution in [0.4, 0.5) is 13.2 Å². The molecule has 0 unspecified atom stereocenters. The summed E-state index contributed by atoms with van der Waals surface area (Å²) in [5.41, 5.74) is 4.49. The van der Waals surface area contributed by atoms with Crippen LogP contribution in [-0.4, -0.2) is 70.4 Å². The number of hydrogen-bond donors (Lipinski definition) is 2. The lowest BCUT2D eigenvalue weighted by Gasteiger charge is -2.21. The van der Waals surface area contributed by atoms with Crippen molar-refractivity contribution in [1.29, 1.82) is 5.26 Å². The van der Waals surface area contributed by atoms with Crippen molar-refractivity contribution in [3.8, 4) is 34.7 Å². The van der Waals surface area contributed by atoms with Gasteiger partial charge in [0.05, 0.1) is 18.3 Å². The molecule has 1 aromatic heterocycles. The average molecular weight is 502 g/mol. The predicted octanol–water partition coefficient (Wildman–Crippen LogP) is 3.28. The van der Waals surface area contributed by atoms with Gasteiger partial charge in [-0.15, -0.1) is 0 Å². The number of β-amino-alcohol motifs (C(OH)–C–C–N with tert-alkyl or cyclic N) is 1. The number of rotatable bonds is 7. The topological polar surface area (TPSA) is 116 Å². The first-order chi connectivity index (χ1) is 17.2. The zero-order valence-corrected chi connectivity index (χ0v) is 19.5. The van der Waals surface area contributed by atoms with Crippen LogP contribution in [0.25, 0.3) is 22.8 Å². The fraction of sp³-hybridized carbons (Fsp3) is 0.400. The largest absolute Gasteiger partial charge is 0.483 e. The third kappa shape index (κ3) is 5.84. The lowest BCUT2D eigenvalue weighted by molar-refractivity contribution is -0.153. The number of fused-ring (bicyclic) bond motifs is 1. The van der Waals surface area contributed by atoms with Gasteiger partial charge in [-0.2, -0.15) is 23.4 Å². The van der Waals surface area contributed by atoms with E-state index in [1.165, 1.54) is 29.3 Å². The van der Waals surface area contributed by atoms with E-state index in [0.717, 1.165) is 37.1 Å². The highest BCUT2D eigenvalue weighted by molar-refractivity contribution is 5.66. The van der Waals surface area contributed by atoms with Gasteiger partial charge in [0.15, 0.2) is 6.61 Å². The molecule has 2 N–H and O–H groups in total. The monoisotopic (exact) mass is 502 g/mol. The molecule has 4 rings (SSSR count). The number of ether oxygens (including phenoxy) is 1. The normalized spacial score (nSPS) is 15.1. The Hall–Kier alpha value is -3.46. The molecule has 0 aliphatic carbocycles. The first-order valence-electron chi connectivity index (χ1n) is 11.4. The van der Waals surface area contributed by atoms with Crippen molar-refractivity contribution >= 4 is 0 Å². The van der Waals surface area contributed by atoms with Gasteiger partial charge in [-0.1, -0.05) is 17.3 Å². The zero-order chi connectivity index (χ0) is 25.9. The van der Waals surface area contributed by atoms with Gasteiger partial charge in [-0.3, -0.25) is 0 Å². The molecule has 11 heteroatoms. The number of benzene rings is 2. The Morgan fingerprint density at radius 2 is 2.00 bits per heavy atom. The second kappa shape index (κ2) is 10.7. The Morgan fingerprint density at radius 1 is 1.22 bits per heavy atom. The molecule has 36 heavy (non-hydrogen) atoms. The molecule has 190 valence electrons. The summed E-state index contributed by atoms with van der Waals surface area (Å²) in [6.07, 6.45) is -3.71. The molecule has 0 spiro atoms. The second-order valence-corrected chi connectivity index (χ2v) is 8.66. The summed E-state index contributed by atoms with van der Waals surface area (Å²) in [6.45, 7) is 2.15.